The smallest absolute Gasteiger partial charge is 0.0300 e. The van der Waals surface area contributed by atoms with Crippen LogP contribution in [0.2, 0.25) is 0 Å². The fraction of sp³-hybridized carbons (Fsp3) is 0.667. The molecule has 1 heterocycles. The first kappa shape index (κ1) is 12.9. The zero-order valence-electron chi connectivity index (χ0n) is 9.59. The van der Waals surface area contributed by atoms with Gasteiger partial charge in [-0.2, -0.15) is 11.8 Å². The van der Waals surface area contributed by atoms with E-state index in [9.17, 15) is 0 Å². The van der Waals surface area contributed by atoms with E-state index in [-0.39, 0.29) is 0 Å². The summed E-state index contributed by atoms with van der Waals surface area (Å²) in [6, 6.07) is 2.21. The van der Waals surface area contributed by atoms with Gasteiger partial charge >= 0.3 is 0 Å². The van der Waals surface area contributed by atoms with E-state index >= 15 is 0 Å². The maximum Gasteiger partial charge on any atom is 0.0300 e. The Balaban J connectivity index is 1.78. The van der Waals surface area contributed by atoms with Gasteiger partial charge in [-0.1, -0.05) is 12.8 Å². The number of rotatable bonds is 5. The first-order chi connectivity index (χ1) is 7.74. The van der Waals surface area contributed by atoms with Crippen LogP contribution in [-0.4, -0.2) is 17.5 Å². The first-order valence-electron chi connectivity index (χ1n) is 5.73. The molecule has 1 nitrogen and oxygen atoms in total. The van der Waals surface area contributed by atoms with Crippen LogP contribution in [-0.2, 0) is 6.54 Å². The summed E-state index contributed by atoms with van der Waals surface area (Å²) in [5.74, 6) is 0. The summed E-state index contributed by atoms with van der Waals surface area (Å²) in [4.78, 5) is 1.42. The quantitative estimate of drug-likeness (QED) is 0.869. The fourth-order valence-corrected chi connectivity index (χ4v) is 4.70. The fourth-order valence-electron chi connectivity index (χ4n) is 2.33. The molecule has 90 valence electrons. The molecule has 1 fully saturated rings. The summed E-state index contributed by atoms with van der Waals surface area (Å²) in [5.41, 5.74) is 0. The van der Waals surface area contributed by atoms with Crippen molar-refractivity contribution in [2.45, 2.75) is 37.0 Å². The second-order valence-corrected chi connectivity index (χ2v) is 7.61. The number of thiophene rings is 1. The standard InChI is InChI=1S/C12H18BrNS2/c1-15-12(4-2-3-5-12)9-14-7-11-6-10(13)8-16-11/h6,8,14H,2-5,7,9H2,1H3. The van der Waals surface area contributed by atoms with E-state index in [1.54, 1.807) is 0 Å². The van der Waals surface area contributed by atoms with Gasteiger partial charge in [0, 0.05) is 32.6 Å². The van der Waals surface area contributed by atoms with Crippen LogP contribution in [0, 0.1) is 0 Å². The molecular formula is C12H18BrNS2. The van der Waals surface area contributed by atoms with Gasteiger partial charge in [-0.3, -0.25) is 0 Å². The number of halogens is 1. The van der Waals surface area contributed by atoms with Crippen molar-refractivity contribution in [2.24, 2.45) is 0 Å². The minimum Gasteiger partial charge on any atom is -0.310 e. The summed E-state index contributed by atoms with van der Waals surface area (Å²) in [7, 11) is 0. The van der Waals surface area contributed by atoms with Gasteiger partial charge in [0.05, 0.1) is 0 Å². The van der Waals surface area contributed by atoms with E-state index in [4.69, 9.17) is 0 Å². The van der Waals surface area contributed by atoms with Gasteiger partial charge in [-0.15, -0.1) is 11.3 Å². The maximum absolute atomic E-state index is 3.62. The molecule has 0 atom stereocenters. The van der Waals surface area contributed by atoms with Crippen molar-refractivity contribution in [2.75, 3.05) is 12.8 Å². The summed E-state index contributed by atoms with van der Waals surface area (Å²) in [5, 5.41) is 5.77. The molecule has 0 amide bonds. The minimum atomic E-state index is 0.522. The van der Waals surface area contributed by atoms with Crippen molar-refractivity contribution >= 4 is 39.0 Å². The van der Waals surface area contributed by atoms with Crippen LogP contribution < -0.4 is 5.32 Å². The summed E-state index contributed by atoms with van der Waals surface area (Å²) < 4.78 is 1.73. The van der Waals surface area contributed by atoms with Crippen molar-refractivity contribution in [3.63, 3.8) is 0 Å². The zero-order chi connectivity index (χ0) is 11.4. The Morgan fingerprint density at radius 1 is 1.50 bits per heavy atom. The molecule has 1 N–H and O–H groups in total. The van der Waals surface area contributed by atoms with Crippen LogP contribution in [0.1, 0.15) is 30.6 Å². The number of nitrogens with one attached hydrogen (secondary N) is 1. The Bertz CT molecular complexity index is 332. The average molecular weight is 320 g/mol. The van der Waals surface area contributed by atoms with Crippen LogP contribution in [0.3, 0.4) is 0 Å². The lowest BCUT2D eigenvalue weighted by molar-refractivity contribution is 0.535. The normalized spacial score (nSPS) is 19.1. The van der Waals surface area contributed by atoms with Gasteiger partial charge in [0.25, 0.3) is 0 Å². The topological polar surface area (TPSA) is 12.0 Å². The van der Waals surface area contributed by atoms with Crippen LogP contribution in [0.25, 0.3) is 0 Å². The molecule has 0 saturated heterocycles. The van der Waals surface area contributed by atoms with E-state index in [0.29, 0.717) is 4.75 Å². The van der Waals surface area contributed by atoms with Crippen molar-refractivity contribution in [1.29, 1.82) is 0 Å². The van der Waals surface area contributed by atoms with Gasteiger partial charge < -0.3 is 5.32 Å². The lowest BCUT2D eigenvalue weighted by Gasteiger charge is -2.26. The van der Waals surface area contributed by atoms with Crippen molar-refractivity contribution in [1.82, 2.24) is 5.32 Å². The minimum absolute atomic E-state index is 0.522. The first-order valence-corrected chi connectivity index (χ1v) is 8.63. The van der Waals surface area contributed by atoms with Gasteiger partial charge in [-0.25, -0.2) is 0 Å². The number of hydrogen-bond acceptors (Lipinski definition) is 3. The second kappa shape index (κ2) is 5.89. The third kappa shape index (κ3) is 3.25. The summed E-state index contributed by atoms with van der Waals surface area (Å²) in [6.45, 7) is 2.17. The third-order valence-electron chi connectivity index (χ3n) is 3.32. The zero-order valence-corrected chi connectivity index (χ0v) is 12.8. The van der Waals surface area contributed by atoms with E-state index in [0.717, 1.165) is 13.1 Å². The molecule has 0 bridgehead atoms. The molecular weight excluding hydrogens is 302 g/mol. The lowest BCUT2D eigenvalue weighted by Crippen LogP contribution is -2.34. The van der Waals surface area contributed by atoms with Crippen molar-refractivity contribution in [3.8, 4) is 0 Å². The van der Waals surface area contributed by atoms with Crippen LogP contribution in [0.5, 0.6) is 0 Å². The third-order valence-corrected chi connectivity index (χ3v) is 6.43. The molecule has 16 heavy (non-hydrogen) atoms. The van der Waals surface area contributed by atoms with Gasteiger partial charge in [0.15, 0.2) is 0 Å². The molecule has 0 unspecified atom stereocenters. The molecule has 1 aliphatic carbocycles. The van der Waals surface area contributed by atoms with Crippen LogP contribution in [0.15, 0.2) is 15.9 Å². The lowest BCUT2D eigenvalue weighted by atomic mass is 10.1. The molecule has 0 aliphatic heterocycles. The van der Waals surface area contributed by atoms with Crippen molar-refractivity contribution < 1.29 is 0 Å². The molecule has 0 spiro atoms. The van der Waals surface area contributed by atoms with E-state index in [2.05, 4.69) is 50.7 Å². The molecule has 0 radical (unpaired) electrons. The highest BCUT2D eigenvalue weighted by Crippen LogP contribution is 2.39. The monoisotopic (exact) mass is 319 g/mol. The van der Waals surface area contributed by atoms with Crippen LogP contribution >= 0.6 is 39.0 Å². The van der Waals surface area contributed by atoms with Crippen molar-refractivity contribution in [3.05, 3.63) is 20.8 Å². The number of thioether (sulfide) groups is 1. The Morgan fingerprint density at radius 3 is 2.81 bits per heavy atom. The highest BCUT2D eigenvalue weighted by atomic mass is 79.9. The SMILES string of the molecule is CSC1(CNCc2cc(Br)cs2)CCCC1. The molecule has 1 aromatic rings. The summed E-state index contributed by atoms with van der Waals surface area (Å²) in [6.07, 6.45) is 7.85. The molecule has 1 aromatic heterocycles. The highest BCUT2D eigenvalue weighted by Gasteiger charge is 2.32. The van der Waals surface area contributed by atoms with Crippen LogP contribution in [0.4, 0.5) is 0 Å². The van der Waals surface area contributed by atoms with E-state index < -0.39 is 0 Å². The Morgan fingerprint density at radius 2 is 2.25 bits per heavy atom. The predicted molar refractivity (Wildman–Crippen MR) is 78.4 cm³/mol. The van der Waals surface area contributed by atoms with E-state index in [1.165, 1.54) is 35.0 Å². The number of hydrogen-bond donors (Lipinski definition) is 1. The predicted octanol–water partition coefficient (Wildman–Crippen LogP) is 4.28. The molecule has 2 rings (SSSR count). The molecule has 0 aromatic carbocycles. The molecule has 1 saturated carbocycles. The molecule has 4 heteroatoms. The Kier molecular flexibility index (Phi) is 4.76. The highest BCUT2D eigenvalue weighted by molar-refractivity contribution is 9.10. The van der Waals surface area contributed by atoms with Gasteiger partial charge in [-0.05, 0) is 41.1 Å². The average Bonchev–Trinajstić information content (AvgIpc) is 2.89. The van der Waals surface area contributed by atoms with Gasteiger partial charge in [0.1, 0.15) is 0 Å². The van der Waals surface area contributed by atoms with Gasteiger partial charge in [0.2, 0.25) is 0 Å². The Hall–Kier alpha value is 0.490. The van der Waals surface area contributed by atoms with E-state index in [1.807, 2.05) is 11.3 Å². The summed E-state index contributed by atoms with van der Waals surface area (Å²) >= 11 is 7.37. The molecule has 1 aliphatic rings. The second-order valence-electron chi connectivity index (χ2n) is 4.43. The Labute approximate surface area is 115 Å². The largest absolute Gasteiger partial charge is 0.310 e. The maximum atomic E-state index is 3.62.